The number of nitrogens with one attached hydrogen (secondary N) is 2. The van der Waals surface area contributed by atoms with Crippen LogP contribution in [0.4, 0.5) is 10.5 Å². The van der Waals surface area contributed by atoms with Crippen molar-refractivity contribution in [3.05, 3.63) is 75.9 Å². The Bertz CT molecular complexity index is 2170. The van der Waals surface area contributed by atoms with Gasteiger partial charge in [-0.15, -0.1) is 0 Å². The predicted molar refractivity (Wildman–Crippen MR) is 219 cm³/mol. The number of morpholine rings is 1. The number of piperidine rings is 1. The molecule has 1 aromatic heterocycles. The highest BCUT2D eigenvalue weighted by molar-refractivity contribution is 6.34. The highest BCUT2D eigenvalue weighted by atomic mass is 35.5. The van der Waals surface area contributed by atoms with E-state index in [2.05, 4.69) is 15.5 Å². The topological polar surface area (TPSA) is 136 Å². The third-order valence-electron chi connectivity index (χ3n) is 10.2. The van der Waals surface area contributed by atoms with Gasteiger partial charge in [-0.1, -0.05) is 35.3 Å². The van der Waals surface area contributed by atoms with Crippen LogP contribution >= 0.6 is 23.2 Å². The number of hydrogen-bond acceptors (Lipinski definition) is 9. The molecule has 0 bridgehead atoms. The summed E-state index contributed by atoms with van der Waals surface area (Å²) in [6, 6.07) is 16.5. The molecule has 15 heteroatoms. The standard InChI is InChI=1S/C42H48Cl2N6O7/c1-41(2,3)57-40(53)46-28-10-12-48(13-11-28)22-36(51)45-29-9-7-8-25(16-29)31-20-32-35(21-34(31)54-6)56-23-33-37(39(52)49-14-15-55-24-42(49,4)5)47-50(38(32)33)30-18-26(43)17-27(44)19-30/h7-9,16-21,28H,10-15,22-24H2,1-6H3,(H,45,51)(H,46,53). The number of benzene rings is 3. The maximum atomic E-state index is 14.3. The fourth-order valence-corrected chi connectivity index (χ4v) is 8.05. The van der Waals surface area contributed by atoms with Crippen LogP contribution in [0.25, 0.3) is 28.1 Å². The lowest BCUT2D eigenvalue weighted by Gasteiger charge is -2.41. The van der Waals surface area contributed by atoms with Gasteiger partial charge in [0.2, 0.25) is 5.91 Å². The second-order valence-corrected chi connectivity index (χ2v) is 17.1. The molecule has 3 aliphatic rings. The Balaban J connectivity index is 1.16. The number of nitrogens with zero attached hydrogens (tertiary/aromatic N) is 4. The summed E-state index contributed by atoms with van der Waals surface area (Å²) in [6.45, 7) is 12.4. The fraction of sp³-hybridized carbons (Fsp3) is 0.429. The van der Waals surface area contributed by atoms with E-state index in [4.69, 9.17) is 47.2 Å². The van der Waals surface area contributed by atoms with Crippen LogP contribution in [0.15, 0.2) is 54.6 Å². The normalized spacial score (nSPS) is 16.9. The maximum absolute atomic E-state index is 14.3. The van der Waals surface area contributed by atoms with Gasteiger partial charge in [0, 0.05) is 64.2 Å². The van der Waals surface area contributed by atoms with E-state index in [-0.39, 0.29) is 36.7 Å². The van der Waals surface area contributed by atoms with Crippen molar-refractivity contribution in [1.82, 2.24) is 24.9 Å². The lowest BCUT2D eigenvalue weighted by atomic mass is 9.95. The number of ether oxygens (including phenoxy) is 4. The molecule has 0 aliphatic carbocycles. The maximum Gasteiger partial charge on any atom is 0.407 e. The molecule has 2 fully saturated rings. The number of amides is 3. The number of anilines is 1. The number of aromatic nitrogens is 2. The first-order chi connectivity index (χ1) is 27.1. The van der Waals surface area contributed by atoms with Crippen molar-refractivity contribution < 1.29 is 33.3 Å². The minimum Gasteiger partial charge on any atom is -0.496 e. The van der Waals surface area contributed by atoms with Gasteiger partial charge < -0.3 is 34.5 Å². The van der Waals surface area contributed by atoms with E-state index in [0.29, 0.717) is 82.6 Å². The number of carbonyl (C=O) groups is 3. The molecular formula is C42H48Cl2N6O7. The minimum absolute atomic E-state index is 0.00477. The molecule has 4 heterocycles. The third-order valence-corrected chi connectivity index (χ3v) is 10.7. The van der Waals surface area contributed by atoms with Crippen LogP contribution in [0.5, 0.6) is 11.5 Å². The Kier molecular flexibility index (Phi) is 11.5. The van der Waals surface area contributed by atoms with Gasteiger partial charge in [0.25, 0.3) is 5.91 Å². The molecule has 13 nitrogen and oxygen atoms in total. The Hall–Kier alpha value is -4.82. The van der Waals surface area contributed by atoms with Gasteiger partial charge in [0.15, 0.2) is 5.69 Å². The molecule has 0 unspecified atom stereocenters. The van der Waals surface area contributed by atoms with Crippen LogP contribution in [-0.4, -0.2) is 101 Å². The van der Waals surface area contributed by atoms with E-state index >= 15 is 0 Å². The zero-order chi connectivity index (χ0) is 40.6. The number of alkyl carbamates (subject to hydrolysis) is 1. The van der Waals surface area contributed by atoms with Crippen LogP contribution in [-0.2, 0) is 20.9 Å². The summed E-state index contributed by atoms with van der Waals surface area (Å²) >= 11 is 13.0. The van der Waals surface area contributed by atoms with E-state index in [1.165, 1.54) is 0 Å². The largest absolute Gasteiger partial charge is 0.496 e. The molecule has 0 spiro atoms. The number of rotatable bonds is 8. The summed E-state index contributed by atoms with van der Waals surface area (Å²) < 4.78 is 25.0. The smallest absolute Gasteiger partial charge is 0.407 e. The minimum atomic E-state index is -0.563. The number of methoxy groups -OCH3 is 1. The van der Waals surface area contributed by atoms with E-state index in [1.807, 2.05) is 71.0 Å². The van der Waals surface area contributed by atoms with E-state index in [9.17, 15) is 14.4 Å². The van der Waals surface area contributed by atoms with Gasteiger partial charge in [-0.05, 0) is 89.4 Å². The lowest BCUT2D eigenvalue weighted by Crippen LogP contribution is -2.55. The van der Waals surface area contributed by atoms with Crippen LogP contribution in [0.1, 0.15) is 63.5 Å². The van der Waals surface area contributed by atoms with Gasteiger partial charge in [0.05, 0.1) is 43.8 Å². The van der Waals surface area contributed by atoms with E-state index in [1.54, 1.807) is 34.9 Å². The zero-order valence-corrected chi connectivity index (χ0v) is 34.6. The zero-order valence-electron chi connectivity index (χ0n) is 33.0. The molecule has 4 aromatic rings. The molecule has 3 aromatic carbocycles. The van der Waals surface area contributed by atoms with Gasteiger partial charge in [-0.25, -0.2) is 9.48 Å². The Morgan fingerprint density at radius 2 is 1.72 bits per heavy atom. The van der Waals surface area contributed by atoms with Crippen molar-refractivity contribution >= 4 is 46.8 Å². The predicted octanol–water partition coefficient (Wildman–Crippen LogP) is 7.59. The first-order valence-electron chi connectivity index (χ1n) is 19.0. The first-order valence-corrected chi connectivity index (χ1v) is 19.8. The summed E-state index contributed by atoms with van der Waals surface area (Å²) in [4.78, 5) is 43.7. The number of fused-ring (bicyclic) bond motifs is 3. The Morgan fingerprint density at radius 1 is 0.982 bits per heavy atom. The third kappa shape index (κ3) is 9.02. The molecule has 2 saturated heterocycles. The van der Waals surface area contributed by atoms with Crippen LogP contribution < -0.4 is 20.1 Å². The molecule has 3 aliphatic heterocycles. The molecule has 0 atom stereocenters. The average molecular weight is 820 g/mol. The molecule has 0 saturated carbocycles. The quantitative estimate of drug-likeness (QED) is 0.184. The number of likely N-dealkylation sites (tertiary alicyclic amines) is 1. The van der Waals surface area contributed by atoms with E-state index in [0.717, 1.165) is 24.0 Å². The monoisotopic (exact) mass is 818 g/mol. The van der Waals surface area contributed by atoms with Gasteiger partial charge in [0.1, 0.15) is 23.7 Å². The van der Waals surface area contributed by atoms with Crippen molar-refractivity contribution in [1.29, 1.82) is 0 Å². The van der Waals surface area contributed by atoms with Crippen LogP contribution in [0.2, 0.25) is 10.0 Å². The number of hydrogen-bond donors (Lipinski definition) is 2. The van der Waals surface area contributed by atoms with Crippen LogP contribution in [0.3, 0.4) is 0 Å². The highest BCUT2D eigenvalue weighted by Crippen LogP contribution is 2.47. The molecular weight excluding hydrogens is 771 g/mol. The van der Waals surface area contributed by atoms with Gasteiger partial charge >= 0.3 is 6.09 Å². The summed E-state index contributed by atoms with van der Waals surface area (Å²) in [5.74, 6) is 0.743. The van der Waals surface area contributed by atoms with Crippen molar-refractivity contribution in [3.8, 4) is 39.6 Å². The second-order valence-electron chi connectivity index (χ2n) is 16.2. The van der Waals surface area contributed by atoms with Crippen molar-refractivity contribution in [2.45, 2.75) is 71.2 Å². The van der Waals surface area contributed by atoms with Gasteiger partial charge in [-0.2, -0.15) is 5.10 Å². The summed E-state index contributed by atoms with van der Waals surface area (Å²) in [7, 11) is 1.59. The summed E-state index contributed by atoms with van der Waals surface area (Å²) in [6.07, 6.45) is 1.01. The number of halogens is 2. The molecule has 57 heavy (non-hydrogen) atoms. The molecule has 0 radical (unpaired) electrons. The van der Waals surface area contributed by atoms with Crippen molar-refractivity contribution in [2.24, 2.45) is 0 Å². The fourth-order valence-electron chi connectivity index (χ4n) is 7.53. The van der Waals surface area contributed by atoms with Crippen molar-refractivity contribution in [3.63, 3.8) is 0 Å². The summed E-state index contributed by atoms with van der Waals surface area (Å²) in [5.41, 5.74) is 3.89. The molecule has 7 rings (SSSR count). The molecule has 302 valence electrons. The average Bonchev–Trinajstić information content (AvgIpc) is 3.54. The Labute approximate surface area is 342 Å². The first kappa shape index (κ1) is 40.4. The molecule has 2 N–H and O–H groups in total. The van der Waals surface area contributed by atoms with Crippen LogP contribution in [0, 0.1) is 0 Å². The molecule has 3 amide bonds. The highest BCUT2D eigenvalue weighted by Gasteiger charge is 2.39. The Morgan fingerprint density at radius 3 is 2.40 bits per heavy atom. The number of carbonyl (C=O) groups excluding carboxylic acids is 3. The van der Waals surface area contributed by atoms with Crippen molar-refractivity contribution in [2.75, 3.05) is 51.8 Å². The SMILES string of the molecule is COc1cc2c(cc1-c1cccc(NC(=O)CN3CCC(NC(=O)OC(C)(C)C)CC3)c1)-c1c(c(C(=O)N3CCOCC3(C)C)nn1-c1cc(Cl)cc(Cl)c1)CO2. The second kappa shape index (κ2) is 16.2. The lowest BCUT2D eigenvalue weighted by molar-refractivity contribution is -0.117. The summed E-state index contributed by atoms with van der Waals surface area (Å²) in [5, 5.41) is 11.8. The van der Waals surface area contributed by atoms with E-state index < -0.39 is 17.2 Å². The van der Waals surface area contributed by atoms with Gasteiger partial charge in [-0.3, -0.25) is 14.5 Å².